The van der Waals surface area contributed by atoms with Crippen LogP contribution in [0.5, 0.6) is 5.75 Å². The zero-order valence-electron chi connectivity index (χ0n) is 17.5. The first-order valence-corrected chi connectivity index (χ1v) is 10.3. The predicted octanol–water partition coefficient (Wildman–Crippen LogP) is 3.23. The van der Waals surface area contributed by atoms with Gasteiger partial charge in [0.05, 0.1) is 22.8 Å². The molecule has 8 nitrogen and oxygen atoms in total. The van der Waals surface area contributed by atoms with Gasteiger partial charge in [-0.25, -0.2) is 15.2 Å². The number of nitrogens with zero attached hydrogens (tertiary/aromatic N) is 2. The number of para-hydroxylation sites is 2. The minimum Gasteiger partial charge on any atom is -0.423 e. The highest BCUT2D eigenvalue weighted by atomic mass is 16.5. The number of ether oxygens (including phenoxy) is 1. The largest absolute Gasteiger partial charge is 0.423 e. The van der Waals surface area contributed by atoms with Gasteiger partial charge in [-0.2, -0.15) is 5.10 Å². The van der Waals surface area contributed by atoms with Gasteiger partial charge in [0.1, 0.15) is 11.4 Å². The number of fused-ring (bicyclic) bond motifs is 1. The lowest BCUT2D eigenvalue weighted by Crippen LogP contribution is -2.21. The molecule has 4 rings (SSSR count). The molecule has 8 heteroatoms. The highest BCUT2D eigenvalue weighted by Crippen LogP contribution is 2.13. The van der Waals surface area contributed by atoms with Crippen LogP contribution < -0.4 is 15.7 Å². The summed E-state index contributed by atoms with van der Waals surface area (Å²) in [5, 5.41) is 3.93. The monoisotopic (exact) mass is 440 g/mol. The van der Waals surface area contributed by atoms with Gasteiger partial charge in [0.2, 0.25) is 5.91 Å². The van der Waals surface area contributed by atoms with Crippen LogP contribution in [-0.4, -0.2) is 28.1 Å². The molecule has 0 aliphatic carbocycles. The number of carbonyl (C=O) groups excluding carboxylic acids is 2. The fourth-order valence-electron chi connectivity index (χ4n) is 3.07. The van der Waals surface area contributed by atoms with Gasteiger partial charge >= 0.3 is 5.97 Å². The number of aromatic nitrogens is 2. The predicted molar refractivity (Wildman–Crippen MR) is 124 cm³/mol. The van der Waals surface area contributed by atoms with E-state index in [9.17, 15) is 14.4 Å². The molecule has 2 N–H and O–H groups in total. The number of benzene rings is 3. The molecular weight excluding hydrogens is 420 g/mol. The minimum absolute atomic E-state index is 0.0696. The Morgan fingerprint density at radius 3 is 2.48 bits per heavy atom. The zero-order chi connectivity index (χ0) is 23.0. The number of H-pyrrole nitrogens is 1. The Morgan fingerprint density at radius 1 is 0.970 bits per heavy atom. The maximum absolute atomic E-state index is 12.1. The van der Waals surface area contributed by atoms with E-state index in [4.69, 9.17) is 4.74 Å². The molecule has 0 radical (unpaired) electrons. The van der Waals surface area contributed by atoms with Crippen molar-refractivity contribution in [3.05, 3.63) is 106 Å². The first-order chi connectivity index (χ1) is 16.1. The molecule has 1 aromatic heterocycles. The quantitative estimate of drug-likeness (QED) is 0.198. The molecule has 1 heterocycles. The van der Waals surface area contributed by atoms with Crippen LogP contribution in [0.25, 0.3) is 11.0 Å². The first-order valence-electron chi connectivity index (χ1n) is 10.3. The van der Waals surface area contributed by atoms with Gasteiger partial charge in [-0.05, 0) is 54.1 Å². The molecule has 0 aliphatic rings. The van der Waals surface area contributed by atoms with Crippen LogP contribution in [0.2, 0.25) is 0 Å². The molecule has 0 saturated carbocycles. The SMILES string of the molecule is O=C(CCc1nc2ccccc2[nH]c1=O)N/N=C/c1ccc(OC(=O)c2ccccc2)cc1. The van der Waals surface area contributed by atoms with E-state index in [1.807, 2.05) is 18.2 Å². The third kappa shape index (κ3) is 5.76. The van der Waals surface area contributed by atoms with Crippen molar-refractivity contribution in [2.45, 2.75) is 12.8 Å². The second-order valence-electron chi connectivity index (χ2n) is 7.15. The summed E-state index contributed by atoms with van der Waals surface area (Å²) in [7, 11) is 0. The number of hydrazone groups is 1. The highest BCUT2D eigenvalue weighted by molar-refractivity contribution is 5.91. The number of aryl methyl sites for hydroxylation is 1. The summed E-state index contributed by atoms with van der Waals surface area (Å²) in [4.78, 5) is 43.3. The Hall–Kier alpha value is -4.59. The lowest BCUT2D eigenvalue weighted by molar-refractivity contribution is -0.121. The molecule has 33 heavy (non-hydrogen) atoms. The van der Waals surface area contributed by atoms with Crippen molar-refractivity contribution in [2.75, 3.05) is 0 Å². The zero-order valence-corrected chi connectivity index (χ0v) is 17.5. The lowest BCUT2D eigenvalue weighted by Gasteiger charge is -2.04. The molecule has 3 aromatic carbocycles. The van der Waals surface area contributed by atoms with Crippen molar-refractivity contribution >= 4 is 29.1 Å². The van der Waals surface area contributed by atoms with Crippen LogP contribution in [0.3, 0.4) is 0 Å². The van der Waals surface area contributed by atoms with Gasteiger partial charge in [-0.3, -0.25) is 9.59 Å². The average molecular weight is 440 g/mol. The molecular formula is C25H20N4O4. The summed E-state index contributed by atoms with van der Waals surface area (Å²) in [6.07, 6.45) is 1.74. The first kappa shape index (κ1) is 21.6. The van der Waals surface area contributed by atoms with Crippen molar-refractivity contribution in [1.82, 2.24) is 15.4 Å². The molecule has 0 aliphatic heterocycles. The number of carbonyl (C=O) groups is 2. The second kappa shape index (κ2) is 10.1. The molecule has 0 unspecified atom stereocenters. The standard InChI is InChI=1S/C25H20N4O4/c30-23(15-14-22-24(31)28-21-9-5-4-8-20(21)27-22)29-26-16-17-10-12-19(13-11-17)33-25(32)18-6-2-1-3-7-18/h1-13,16H,14-15H2,(H,28,31)(H,29,30)/b26-16+. The van der Waals surface area contributed by atoms with Crippen molar-refractivity contribution in [3.63, 3.8) is 0 Å². The number of hydrogen-bond acceptors (Lipinski definition) is 6. The summed E-state index contributed by atoms with van der Waals surface area (Å²) in [5.41, 5.74) is 4.92. The summed E-state index contributed by atoms with van der Waals surface area (Å²) < 4.78 is 5.32. The molecule has 4 aromatic rings. The summed E-state index contributed by atoms with van der Waals surface area (Å²) in [5.74, 6) is -0.379. The fraction of sp³-hybridized carbons (Fsp3) is 0.0800. The van der Waals surface area contributed by atoms with Crippen LogP contribution >= 0.6 is 0 Å². The third-order valence-electron chi connectivity index (χ3n) is 4.76. The van der Waals surface area contributed by atoms with Gasteiger partial charge < -0.3 is 9.72 Å². The number of hydrogen-bond donors (Lipinski definition) is 2. The highest BCUT2D eigenvalue weighted by Gasteiger charge is 2.09. The Balaban J connectivity index is 1.27. The topological polar surface area (TPSA) is 114 Å². The van der Waals surface area contributed by atoms with E-state index >= 15 is 0 Å². The summed E-state index contributed by atoms with van der Waals surface area (Å²) >= 11 is 0. The van der Waals surface area contributed by atoms with Crippen molar-refractivity contribution in [1.29, 1.82) is 0 Å². The average Bonchev–Trinajstić information content (AvgIpc) is 2.84. The Morgan fingerprint density at radius 2 is 1.70 bits per heavy atom. The molecule has 0 spiro atoms. The van der Waals surface area contributed by atoms with Gasteiger partial charge in [0.25, 0.3) is 5.56 Å². The maximum Gasteiger partial charge on any atom is 0.343 e. The smallest absolute Gasteiger partial charge is 0.343 e. The molecule has 0 saturated heterocycles. The van der Waals surface area contributed by atoms with E-state index in [0.29, 0.717) is 33.6 Å². The summed E-state index contributed by atoms with van der Waals surface area (Å²) in [6.45, 7) is 0. The van der Waals surface area contributed by atoms with E-state index in [-0.39, 0.29) is 24.3 Å². The number of rotatable bonds is 7. The van der Waals surface area contributed by atoms with Gasteiger partial charge in [0, 0.05) is 12.8 Å². The molecule has 0 bridgehead atoms. The van der Waals surface area contributed by atoms with Crippen LogP contribution in [0.15, 0.2) is 88.8 Å². The van der Waals surface area contributed by atoms with E-state index in [1.165, 1.54) is 6.21 Å². The van der Waals surface area contributed by atoms with Crippen LogP contribution in [0.4, 0.5) is 0 Å². The Labute approximate surface area is 189 Å². The maximum atomic E-state index is 12.1. The van der Waals surface area contributed by atoms with Gasteiger partial charge in [0.15, 0.2) is 0 Å². The van der Waals surface area contributed by atoms with Gasteiger partial charge in [-0.1, -0.05) is 30.3 Å². The van der Waals surface area contributed by atoms with E-state index in [1.54, 1.807) is 60.7 Å². The number of esters is 1. The molecule has 164 valence electrons. The van der Waals surface area contributed by atoms with Crippen LogP contribution in [0.1, 0.15) is 28.0 Å². The third-order valence-corrected chi connectivity index (χ3v) is 4.76. The van der Waals surface area contributed by atoms with Gasteiger partial charge in [-0.15, -0.1) is 0 Å². The Bertz CT molecular complexity index is 1360. The fourth-order valence-corrected chi connectivity index (χ4v) is 3.07. The number of nitrogens with one attached hydrogen (secondary N) is 2. The van der Waals surface area contributed by atoms with E-state index in [0.717, 1.165) is 0 Å². The van der Waals surface area contributed by atoms with Crippen molar-refractivity contribution < 1.29 is 14.3 Å². The lowest BCUT2D eigenvalue weighted by atomic mass is 10.2. The second-order valence-corrected chi connectivity index (χ2v) is 7.15. The molecule has 1 amide bonds. The van der Waals surface area contributed by atoms with Crippen LogP contribution in [0, 0.1) is 0 Å². The van der Waals surface area contributed by atoms with E-state index in [2.05, 4.69) is 20.5 Å². The minimum atomic E-state index is -0.441. The Kier molecular flexibility index (Phi) is 6.65. The van der Waals surface area contributed by atoms with E-state index < -0.39 is 5.97 Å². The van der Waals surface area contributed by atoms with Crippen LogP contribution in [-0.2, 0) is 11.2 Å². The molecule has 0 fully saturated rings. The number of amides is 1. The summed E-state index contributed by atoms with van der Waals surface area (Å²) in [6, 6.07) is 22.6. The number of aromatic amines is 1. The van der Waals surface area contributed by atoms with Crippen molar-refractivity contribution in [3.8, 4) is 5.75 Å². The molecule has 0 atom stereocenters. The van der Waals surface area contributed by atoms with Crippen molar-refractivity contribution in [2.24, 2.45) is 5.10 Å². The normalized spacial score (nSPS) is 10.9.